The first-order valence-corrected chi connectivity index (χ1v) is 11.2. The summed E-state index contributed by atoms with van der Waals surface area (Å²) in [5.41, 5.74) is 3.71. The third kappa shape index (κ3) is 5.46. The maximum Gasteiger partial charge on any atom is 0.317 e. The van der Waals surface area contributed by atoms with Crippen molar-refractivity contribution < 1.29 is 9.53 Å². The van der Waals surface area contributed by atoms with Crippen molar-refractivity contribution in [3.8, 4) is 0 Å². The van der Waals surface area contributed by atoms with Crippen LogP contribution in [0.25, 0.3) is 0 Å². The maximum absolute atomic E-state index is 12.8. The summed E-state index contributed by atoms with van der Waals surface area (Å²) in [4.78, 5) is 17.0. The largest absolute Gasteiger partial charge is 0.374 e. The molecule has 2 heterocycles. The smallest absolute Gasteiger partial charge is 0.317 e. The van der Waals surface area contributed by atoms with E-state index < -0.39 is 0 Å². The standard InChI is InChI=1S/C23H27Cl2N3O2/c24-21-8-7-17(12-22(21)25)14-27-10-11-30-20(16-27)13-26-23(29)28-9-3-6-18-4-1-2-5-19(18)15-28/h1-2,4-5,7-8,12,20H,3,6,9-11,13-16H2,(H,26,29)/t20-/m0/s1. The second kappa shape index (κ2) is 10.0. The number of halogens is 2. The molecule has 2 amide bonds. The number of ether oxygens (including phenoxy) is 1. The van der Waals surface area contributed by atoms with Gasteiger partial charge in [0.15, 0.2) is 0 Å². The molecule has 0 aromatic heterocycles. The summed E-state index contributed by atoms with van der Waals surface area (Å²) in [6.45, 7) is 5.00. The Balaban J connectivity index is 1.28. The lowest BCUT2D eigenvalue weighted by atomic mass is 10.0. The van der Waals surface area contributed by atoms with E-state index in [0.29, 0.717) is 29.7 Å². The van der Waals surface area contributed by atoms with Crippen molar-refractivity contribution in [3.05, 3.63) is 69.2 Å². The molecule has 1 N–H and O–H groups in total. The average molecular weight is 448 g/mol. The Morgan fingerprint density at radius 1 is 1.10 bits per heavy atom. The third-order valence-electron chi connectivity index (χ3n) is 5.74. The summed E-state index contributed by atoms with van der Waals surface area (Å²) in [7, 11) is 0. The Bertz CT molecular complexity index is 893. The second-order valence-electron chi connectivity index (χ2n) is 7.96. The van der Waals surface area contributed by atoms with Gasteiger partial charge in [0.05, 0.1) is 22.8 Å². The predicted molar refractivity (Wildman–Crippen MR) is 120 cm³/mol. The third-order valence-corrected chi connectivity index (χ3v) is 6.47. The van der Waals surface area contributed by atoms with Gasteiger partial charge in [-0.15, -0.1) is 0 Å². The van der Waals surface area contributed by atoms with Crippen LogP contribution in [0.4, 0.5) is 4.79 Å². The van der Waals surface area contributed by atoms with Crippen LogP contribution >= 0.6 is 23.2 Å². The summed E-state index contributed by atoms with van der Waals surface area (Å²) < 4.78 is 5.89. The van der Waals surface area contributed by atoms with Crippen LogP contribution in [0.3, 0.4) is 0 Å². The molecule has 5 nitrogen and oxygen atoms in total. The van der Waals surface area contributed by atoms with E-state index in [1.54, 1.807) is 0 Å². The van der Waals surface area contributed by atoms with Crippen molar-refractivity contribution in [3.63, 3.8) is 0 Å². The molecule has 0 radical (unpaired) electrons. The van der Waals surface area contributed by atoms with Crippen LogP contribution in [0.15, 0.2) is 42.5 Å². The van der Waals surface area contributed by atoms with Crippen LogP contribution in [-0.4, -0.2) is 54.7 Å². The van der Waals surface area contributed by atoms with Gasteiger partial charge in [-0.1, -0.05) is 53.5 Å². The number of morpholine rings is 1. The molecule has 0 bridgehead atoms. The highest BCUT2D eigenvalue weighted by Gasteiger charge is 2.23. The van der Waals surface area contributed by atoms with E-state index >= 15 is 0 Å². The Morgan fingerprint density at radius 3 is 2.77 bits per heavy atom. The van der Waals surface area contributed by atoms with E-state index in [4.69, 9.17) is 27.9 Å². The zero-order valence-electron chi connectivity index (χ0n) is 16.9. The van der Waals surface area contributed by atoms with Gasteiger partial charge < -0.3 is 15.0 Å². The first-order valence-electron chi connectivity index (χ1n) is 10.5. The predicted octanol–water partition coefficient (Wildman–Crippen LogP) is 4.35. The molecule has 0 aliphatic carbocycles. The van der Waals surface area contributed by atoms with Crippen LogP contribution < -0.4 is 5.32 Å². The number of fused-ring (bicyclic) bond motifs is 1. The van der Waals surface area contributed by atoms with E-state index in [1.807, 2.05) is 29.2 Å². The highest BCUT2D eigenvalue weighted by molar-refractivity contribution is 6.42. The number of urea groups is 1. The topological polar surface area (TPSA) is 44.8 Å². The van der Waals surface area contributed by atoms with Crippen molar-refractivity contribution in [2.45, 2.75) is 32.0 Å². The summed E-state index contributed by atoms with van der Waals surface area (Å²) >= 11 is 12.1. The van der Waals surface area contributed by atoms with E-state index in [1.165, 1.54) is 11.1 Å². The molecule has 160 valence electrons. The monoisotopic (exact) mass is 447 g/mol. The van der Waals surface area contributed by atoms with Gasteiger partial charge in [0.1, 0.15) is 0 Å². The van der Waals surface area contributed by atoms with Gasteiger partial charge in [-0.25, -0.2) is 4.79 Å². The molecule has 2 aliphatic heterocycles. The number of hydrogen-bond donors (Lipinski definition) is 1. The van der Waals surface area contributed by atoms with E-state index in [-0.39, 0.29) is 12.1 Å². The van der Waals surface area contributed by atoms with Gasteiger partial charge in [0.2, 0.25) is 0 Å². The highest BCUT2D eigenvalue weighted by atomic mass is 35.5. The number of rotatable bonds is 4. The van der Waals surface area contributed by atoms with Crippen LogP contribution in [0.5, 0.6) is 0 Å². The number of benzene rings is 2. The van der Waals surface area contributed by atoms with Crippen LogP contribution in [0.1, 0.15) is 23.1 Å². The number of carbonyl (C=O) groups excluding carboxylic acids is 1. The molecule has 2 aromatic carbocycles. The number of amides is 2. The summed E-state index contributed by atoms with van der Waals surface area (Å²) in [6, 6.07) is 14.1. The van der Waals surface area contributed by atoms with E-state index in [2.05, 4.69) is 28.4 Å². The SMILES string of the molecule is O=C(NC[C@H]1CN(Cc2ccc(Cl)c(Cl)c2)CCO1)N1CCCc2ccccc2C1. The molecule has 1 fully saturated rings. The van der Waals surface area contributed by atoms with Gasteiger partial charge in [0, 0.05) is 39.3 Å². The number of aryl methyl sites for hydroxylation is 1. The molecule has 1 saturated heterocycles. The van der Waals surface area contributed by atoms with Crippen molar-refractivity contribution in [1.82, 2.24) is 15.1 Å². The minimum atomic E-state index is -0.0234. The van der Waals surface area contributed by atoms with Crippen molar-refractivity contribution in [2.75, 3.05) is 32.8 Å². The number of carbonyl (C=O) groups is 1. The molecule has 1 atom stereocenters. The highest BCUT2D eigenvalue weighted by Crippen LogP contribution is 2.24. The number of nitrogens with zero attached hydrogens (tertiary/aromatic N) is 2. The van der Waals surface area contributed by atoms with E-state index in [9.17, 15) is 4.79 Å². The second-order valence-corrected chi connectivity index (χ2v) is 8.77. The van der Waals surface area contributed by atoms with Crippen LogP contribution in [0.2, 0.25) is 10.0 Å². The fraction of sp³-hybridized carbons (Fsp3) is 0.435. The van der Waals surface area contributed by atoms with Gasteiger partial charge in [-0.05, 0) is 41.7 Å². The molecule has 4 rings (SSSR count). The normalized spacial score (nSPS) is 19.8. The molecular formula is C23H27Cl2N3O2. The summed E-state index contributed by atoms with van der Waals surface area (Å²) in [6.07, 6.45) is 1.99. The Kier molecular flexibility index (Phi) is 7.16. The molecule has 0 saturated carbocycles. The maximum atomic E-state index is 12.8. The minimum absolute atomic E-state index is 0.0168. The molecule has 2 aromatic rings. The zero-order valence-corrected chi connectivity index (χ0v) is 18.5. The number of nitrogens with one attached hydrogen (secondary N) is 1. The lowest BCUT2D eigenvalue weighted by Gasteiger charge is -2.33. The fourth-order valence-electron chi connectivity index (χ4n) is 4.13. The lowest BCUT2D eigenvalue weighted by Crippen LogP contribution is -2.49. The average Bonchev–Trinajstić information content (AvgIpc) is 2.97. The van der Waals surface area contributed by atoms with Crippen LogP contribution in [0, 0.1) is 0 Å². The summed E-state index contributed by atoms with van der Waals surface area (Å²) in [5, 5.41) is 4.22. The Hall–Kier alpha value is -1.79. The van der Waals surface area contributed by atoms with Crippen molar-refractivity contribution in [1.29, 1.82) is 0 Å². The first-order chi connectivity index (χ1) is 14.6. The zero-order chi connectivity index (χ0) is 20.9. The molecule has 30 heavy (non-hydrogen) atoms. The molecule has 2 aliphatic rings. The summed E-state index contributed by atoms with van der Waals surface area (Å²) in [5.74, 6) is 0. The Morgan fingerprint density at radius 2 is 1.93 bits per heavy atom. The van der Waals surface area contributed by atoms with E-state index in [0.717, 1.165) is 44.6 Å². The van der Waals surface area contributed by atoms with Gasteiger partial charge in [-0.3, -0.25) is 4.90 Å². The van der Waals surface area contributed by atoms with Crippen molar-refractivity contribution in [2.24, 2.45) is 0 Å². The lowest BCUT2D eigenvalue weighted by molar-refractivity contribution is -0.0291. The molecule has 0 unspecified atom stereocenters. The molecule has 7 heteroatoms. The molecule has 0 spiro atoms. The molecular weight excluding hydrogens is 421 g/mol. The first kappa shape index (κ1) is 21.4. The van der Waals surface area contributed by atoms with Crippen molar-refractivity contribution >= 4 is 29.2 Å². The van der Waals surface area contributed by atoms with Crippen LogP contribution in [-0.2, 0) is 24.2 Å². The van der Waals surface area contributed by atoms with Gasteiger partial charge >= 0.3 is 6.03 Å². The Labute approximate surface area is 187 Å². The minimum Gasteiger partial charge on any atom is -0.374 e. The number of hydrogen-bond acceptors (Lipinski definition) is 3. The quantitative estimate of drug-likeness (QED) is 0.757. The van der Waals surface area contributed by atoms with Gasteiger partial charge in [-0.2, -0.15) is 0 Å². The fourth-order valence-corrected chi connectivity index (χ4v) is 4.45. The van der Waals surface area contributed by atoms with Gasteiger partial charge in [0.25, 0.3) is 0 Å².